The number of likely N-dealkylation sites (N-methyl/N-ethyl adjacent to an activating group) is 2. The molecule has 0 saturated heterocycles. The quantitative estimate of drug-likeness (QED) is 0.558. The molecule has 0 aliphatic heterocycles. The van der Waals surface area contributed by atoms with Crippen LogP contribution < -0.4 is 10.6 Å². The van der Waals surface area contributed by atoms with E-state index in [4.69, 9.17) is 11.6 Å². The van der Waals surface area contributed by atoms with Crippen LogP contribution in [-0.4, -0.2) is 41.5 Å². The van der Waals surface area contributed by atoms with E-state index in [1.807, 2.05) is 26.1 Å². The number of halogens is 1. The van der Waals surface area contributed by atoms with Gasteiger partial charge in [-0.1, -0.05) is 29.3 Å². The third-order valence-corrected chi connectivity index (χ3v) is 4.82. The smallest absolute Gasteiger partial charge is 0.0890 e. The zero-order valence-electron chi connectivity index (χ0n) is 18.1. The number of nitrogens with zero attached hydrogens (tertiary/aromatic N) is 3. The van der Waals surface area contributed by atoms with Gasteiger partial charge in [0.2, 0.25) is 0 Å². The lowest BCUT2D eigenvalue weighted by atomic mass is 10.1. The van der Waals surface area contributed by atoms with Crippen LogP contribution in [0.2, 0.25) is 0 Å². The van der Waals surface area contributed by atoms with E-state index in [0.717, 1.165) is 52.7 Å². The molecule has 2 N–H and O–H groups in total. The second kappa shape index (κ2) is 11.6. The van der Waals surface area contributed by atoms with Gasteiger partial charge >= 0.3 is 0 Å². The molecule has 0 fully saturated rings. The molecule has 5 nitrogen and oxygen atoms in total. The zero-order chi connectivity index (χ0) is 21.2. The summed E-state index contributed by atoms with van der Waals surface area (Å²) in [5, 5.41) is 7.54. The predicted molar refractivity (Wildman–Crippen MR) is 124 cm³/mol. The molecule has 2 aromatic rings. The van der Waals surface area contributed by atoms with Gasteiger partial charge in [0.1, 0.15) is 0 Å². The van der Waals surface area contributed by atoms with Gasteiger partial charge in [-0.15, -0.1) is 0 Å². The van der Waals surface area contributed by atoms with Crippen LogP contribution in [-0.2, 0) is 6.54 Å². The molecule has 0 unspecified atom stereocenters. The van der Waals surface area contributed by atoms with E-state index in [1.165, 1.54) is 5.57 Å². The molecule has 6 heteroatoms. The van der Waals surface area contributed by atoms with Crippen LogP contribution in [0.5, 0.6) is 0 Å². The molecule has 156 valence electrons. The Morgan fingerprint density at radius 1 is 1.17 bits per heavy atom. The van der Waals surface area contributed by atoms with E-state index in [-0.39, 0.29) is 0 Å². The van der Waals surface area contributed by atoms with Crippen molar-refractivity contribution in [3.8, 4) is 0 Å². The number of nitrogens with one attached hydrogen (secondary N) is 2. The molecular formula is C23H32ClN5. The molecule has 0 aliphatic rings. The summed E-state index contributed by atoms with van der Waals surface area (Å²) in [5.41, 5.74) is 6.16. The molecule has 1 heterocycles. The first-order valence-corrected chi connectivity index (χ1v) is 10.4. The normalized spacial score (nSPS) is 12.6. The maximum atomic E-state index is 6.77. The second-order valence-electron chi connectivity index (χ2n) is 7.04. The number of hydrogen-bond donors (Lipinski definition) is 2. The Labute approximate surface area is 179 Å². The molecule has 0 spiro atoms. The first kappa shape index (κ1) is 22.9. The third kappa shape index (κ3) is 6.58. The summed E-state index contributed by atoms with van der Waals surface area (Å²) in [6, 6.07) is 6.16. The van der Waals surface area contributed by atoms with Crippen LogP contribution in [0.15, 0.2) is 64.7 Å². The molecule has 0 atom stereocenters. The Balaban J connectivity index is 2.30. The minimum Gasteiger partial charge on any atom is -0.380 e. The van der Waals surface area contributed by atoms with Crippen molar-refractivity contribution in [3.05, 3.63) is 70.3 Å². The molecule has 0 bridgehead atoms. The highest BCUT2D eigenvalue weighted by atomic mass is 35.5. The Morgan fingerprint density at radius 2 is 1.90 bits per heavy atom. The van der Waals surface area contributed by atoms with Crippen LogP contribution in [0.4, 0.5) is 0 Å². The SMILES string of the molecule is C/C=C(NCc1ccc2nccnc2c1)\C(=C(\Cl)C=C(C)C)N(CC)CCNC. The number of rotatable bonds is 10. The first-order chi connectivity index (χ1) is 14.0. The third-order valence-electron chi connectivity index (χ3n) is 4.53. The van der Waals surface area contributed by atoms with E-state index in [0.29, 0.717) is 6.54 Å². The summed E-state index contributed by atoms with van der Waals surface area (Å²) in [4.78, 5) is 11.0. The van der Waals surface area contributed by atoms with E-state index in [2.05, 4.69) is 64.5 Å². The van der Waals surface area contributed by atoms with Gasteiger partial charge < -0.3 is 15.5 Å². The lowest BCUT2D eigenvalue weighted by molar-refractivity contribution is 0.363. The number of hydrogen-bond acceptors (Lipinski definition) is 5. The molecule has 2 rings (SSSR count). The van der Waals surface area contributed by atoms with Crippen LogP contribution in [0.3, 0.4) is 0 Å². The van der Waals surface area contributed by atoms with E-state index >= 15 is 0 Å². The summed E-state index contributed by atoms with van der Waals surface area (Å²) in [5.74, 6) is 0. The van der Waals surface area contributed by atoms with Gasteiger partial charge in [0.15, 0.2) is 0 Å². The molecule has 1 aromatic heterocycles. The van der Waals surface area contributed by atoms with Crippen molar-refractivity contribution in [3.63, 3.8) is 0 Å². The van der Waals surface area contributed by atoms with Crippen LogP contribution in [0, 0.1) is 0 Å². The van der Waals surface area contributed by atoms with Crippen molar-refractivity contribution in [1.29, 1.82) is 0 Å². The molecule has 0 amide bonds. The van der Waals surface area contributed by atoms with Crippen molar-refractivity contribution < 1.29 is 0 Å². The summed E-state index contributed by atoms with van der Waals surface area (Å²) in [7, 11) is 1.96. The average Bonchev–Trinajstić information content (AvgIpc) is 2.72. The lowest BCUT2D eigenvalue weighted by Gasteiger charge is -2.29. The van der Waals surface area contributed by atoms with Crippen molar-refractivity contribution in [2.75, 3.05) is 26.7 Å². The molecule has 0 aliphatic carbocycles. The van der Waals surface area contributed by atoms with Gasteiger partial charge in [0.25, 0.3) is 0 Å². The molecule has 0 saturated carbocycles. The van der Waals surface area contributed by atoms with Gasteiger partial charge in [0.05, 0.1) is 27.5 Å². The van der Waals surface area contributed by atoms with Crippen molar-refractivity contribution >= 4 is 22.6 Å². The Bertz CT molecular complexity index is 897. The maximum absolute atomic E-state index is 6.77. The topological polar surface area (TPSA) is 53.1 Å². The van der Waals surface area contributed by atoms with Gasteiger partial charge in [-0.25, -0.2) is 0 Å². The van der Waals surface area contributed by atoms with Gasteiger partial charge in [0, 0.05) is 38.6 Å². The largest absolute Gasteiger partial charge is 0.380 e. The van der Waals surface area contributed by atoms with E-state index in [9.17, 15) is 0 Å². The Kier molecular flexibility index (Phi) is 9.16. The summed E-state index contributed by atoms with van der Waals surface area (Å²) in [6.07, 6.45) is 7.54. The fourth-order valence-corrected chi connectivity index (χ4v) is 3.52. The van der Waals surface area contributed by atoms with E-state index < -0.39 is 0 Å². The standard InChI is InChI=1S/C23H32ClN5/c1-6-20(23(19(24)14-17(3)4)29(7-2)13-12-25-5)28-16-18-8-9-21-22(15-18)27-11-10-26-21/h6,8-11,14-15,25,28H,7,12-13,16H2,1-5H3/b20-6+,23-19-. The fourth-order valence-electron chi connectivity index (χ4n) is 3.09. The molecule has 0 radical (unpaired) electrons. The van der Waals surface area contributed by atoms with Crippen LogP contribution in [0.25, 0.3) is 11.0 Å². The first-order valence-electron chi connectivity index (χ1n) is 10.0. The molecule has 1 aromatic carbocycles. The zero-order valence-corrected chi connectivity index (χ0v) is 18.8. The Morgan fingerprint density at radius 3 is 2.52 bits per heavy atom. The fraction of sp³-hybridized carbons (Fsp3) is 0.391. The number of benzene rings is 1. The second-order valence-corrected chi connectivity index (χ2v) is 7.44. The number of allylic oxidation sites excluding steroid dienone is 4. The monoisotopic (exact) mass is 413 g/mol. The summed E-state index contributed by atoms with van der Waals surface area (Å²) in [6.45, 7) is 11.6. The maximum Gasteiger partial charge on any atom is 0.0890 e. The van der Waals surface area contributed by atoms with Crippen LogP contribution >= 0.6 is 11.6 Å². The highest BCUT2D eigenvalue weighted by Crippen LogP contribution is 2.23. The minimum atomic E-state index is 0.679. The highest BCUT2D eigenvalue weighted by molar-refractivity contribution is 6.31. The van der Waals surface area contributed by atoms with Crippen molar-refractivity contribution in [1.82, 2.24) is 25.5 Å². The lowest BCUT2D eigenvalue weighted by Crippen LogP contribution is -2.34. The summed E-state index contributed by atoms with van der Waals surface area (Å²) < 4.78 is 0. The van der Waals surface area contributed by atoms with Gasteiger partial charge in [-0.05, 0) is 58.5 Å². The van der Waals surface area contributed by atoms with Crippen molar-refractivity contribution in [2.24, 2.45) is 0 Å². The van der Waals surface area contributed by atoms with E-state index in [1.54, 1.807) is 12.4 Å². The molecular weight excluding hydrogens is 382 g/mol. The number of aromatic nitrogens is 2. The predicted octanol–water partition coefficient (Wildman–Crippen LogP) is 4.58. The van der Waals surface area contributed by atoms with Gasteiger partial charge in [-0.2, -0.15) is 0 Å². The Hall–Kier alpha value is -2.37. The molecule has 29 heavy (non-hydrogen) atoms. The average molecular weight is 414 g/mol. The van der Waals surface area contributed by atoms with Crippen LogP contribution in [0.1, 0.15) is 33.3 Å². The highest BCUT2D eigenvalue weighted by Gasteiger charge is 2.16. The van der Waals surface area contributed by atoms with Crippen molar-refractivity contribution in [2.45, 2.75) is 34.2 Å². The number of fused-ring (bicyclic) bond motifs is 1. The summed E-state index contributed by atoms with van der Waals surface area (Å²) >= 11 is 6.77. The van der Waals surface area contributed by atoms with Gasteiger partial charge in [-0.3, -0.25) is 9.97 Å². The minimum absolute atomic E-state index is 0.679.